The van der Waals surface area contributed by atoms with Crippen LogP contribution in [-0.4, -0.2) is 33.6 Å². The van der Waals surface area contributed by atoms with E-state index in [9.17, 15) is 9.59 Å². The highest BCUT2D eigenvalue weighted by Gasteiger charge is 2.17. The lowest BCUT2D eigenvalue weighted by Gasteiger charge is -2.09. The number of rotatable bonds is 6. The number of hydrogen-bond donors (Lipinski definition) is 0. The molecule has 3 heterocycles. The van der Waals surface area contributed by atoms with E-state index in [0.717, 1.165) is 11.4 Å². The predicted molar refractivity (Wildman–Crippen MR) is 94.0 cm³/mol. The molecule has 24 heavy (non-hydrogen) atoms. The zero-order valence-electron chi connectivity index (χ0n) is 13.9. The summed E-state index contributed by atoms with van der Waals surface area (Å²) < 4.78 is 9.12. The molecule has 0 N–H and O–H groups in total. The Morgan fingerprint density at radius 2 is 2.17 bits per heavy atom. The molecule has 0 radical (unpaired) electrons. The van der Waals surface area contributed by atoms with E-state index in [-0.39, 0.29) is 17.9 Å². The van der Waals surface area contributed by atoms with Crippen LogP contribution in [0.25, 0.3) is 10.2 Å². The Morgan fingerprint density at radius 1 is 1.38 bits per heavy atom. The third-order valence-corrected chi connectivity index (χ3v) is 5.03. The van der Waals surface area contributed by atoms with Crippen molar-refractivity contribution in [2.45, 2.75) is 26.9 Å². The van der Waals surface area contributed by atoms with Gasteiger partial charge in [0.05, 0.1) is 25.0 Å². The summed E-state index contributed by atoms with van der Waals surface area (Å²) in [4.78, 5) is 29.3. The maximum atomic E-state index is 12.7. The molecule has 0 amide bonds. The molecule has 0 aliphatic carbocycles. The number of carbonyl (C=O) groups excluding carboxylic acids is 1. The van der Waals surface area contributed by atoms with Gasteiger partial charge in [0, 0.05) is 30.6 Å². The van der Waals surface area contributed by atoms with Crippen LogP contribution < -0.4 is 5.56 Å². The number of methoxy groups -OCH3 is 1. The number of aryl methyl sites for hydroxylation is 1. The fraction of sp³-hybridized carbons (Fsp3) is 0.353. The lowest BCUT2D eigenvalue weighted by molar-refractivity contribution is 0.0969. The van der Waals surface area contributed by atoms with Crippen LogP contribution in [0.3, 0.4) is 0 Å². The molecule has 0 spiro atoms. The van der Waals surface area contributed by atoms with Gasteiger partial charge in [0.15, 0.2) is 5.78 Å². The fourth-order valence-electron chi connectivity index (χ4n) is 2.84. The molecule has 0 bridgehead atoms. The van der Waals surface area contributed by atoms with Crippen molar-refractivity contribution in [3.05, 3.63) is 51.1 Å². The average Bonchev–Trinajstić information content (AvgIpc) is 3.14. The molecular weight excluding hydrogens is 326 g/mol. The minimum atomic E-state index is -0.170. The van der Waals surface area contributed by atoms with Crippen molar-refractivity contribution >= 4 is 27.3 Å². The molecule has 0 saturated heterocycles. The van der Waals surface area contributed by atoms with Gasteiger partial charge in [-0.05, 0) is 31.4 Å². The standard InChI is InChI=1S/C17H19N3O3S/c1-11-8-13(12(2)20(11)5-6-23-3)15(21)9-19-10-18-14-4-7-24-16(14)17(19)22/h4,7-8,10H,5-6,9H2,1-3H3. The highest BCUT2D eigenvalue weighted by molar-refractivity contribution is 7.17. The molecule has 0 aliphatic heterocycles. The molecule has 126 valence electrons. The number of thiophene rings is 1. The number of hydrogen-bond acceptors (Lipinski definition) is 5. The van der Waals surface area contributed by atoms with Crippen molar-refractivity contribution in [1.82, 2.24) is 14.1 Å². The van der Waals surface area contributed by atoms with Gasteiger partial charge < -0.3 is 9.30 Å². The van der Waals surface area contributed by atoms with Gasteiger partial charge in [-0.15, -0.1) is 11.3 Å². The van der Waals surface area contributed by atoms with Crippen LogP contribution >= 0.6 is 11.3 Å². The van der Waals surface area contributed by atoms with Crippen LogP contribution in [-0.2, 0) is 17.8 Å². The third kappa shape index (κ3) is 2.92. The normalized spacial score (nSPS) is 11.3. The highest BCUT2D eigenvalue weighted by Crippen LogP contribution is 2.17. The topological polar surface area (TPSA) is 66.1 Å². The summed E-state index contributed by atoms with van der Waals surface area (Å²) >= 11 is 1.34. The first-order valence-corrected chi connectivity index (χ1v) is 8.52. The summed E-state index contributed by atoms with van der Waals surface area (Å²) in [6, 6.07) is 3.67. The maximum absolute atomic E-state index is 12.7. The van der Waals surface area contributed by atoms with E-state index in [0.29, 0.717) is 28.9 Å². The van der Waals surface area contributed by atoms with Crippen molar-refractivity contribution in [1.29, 1.82) is 0 Å². The van der Waals surface area contributed by atoms with Crippen LogP contribution in [0.2, 0.25) is 0 Å². The summed E-state index contributed by atoms with van der Waals surface area (Å²) in [6.07, 6.45) is 1.44. The van der Waals surface area contributed by atoms with Crippen LogP contribution in [0, 0.1) is 13.8 Å². The first-order valence-electron chi connectivity index (χ1n) is 7.64. The van der Waals surface area contributed by atoms with Gasteiger partial charge in [-0.25, -0.2) is 4.98 Å². The number of ketones is 1. The van der Waals surface area contributed by atoms with Gasteiger partial charge in [-0.2, -0.15) is 0 Å². The van der Waals surface area contributed by atoms with Crippen molar-refractivity contribution in [2.24, 2.45) is 0 Å². The number of Topliss-reactive ketones (excluding diaryl/α,β-unsaturated/α-hetero) is 1. The lowest BCUT2D eigenvalue weighted by atomic mass is 10.1. The first-order chi connectivity index (χ1) is 11.5. The second kappa shape index (κ2) is 6.70. The Hall–Kier alpha value is -2.25. The molecule has 7 heteroatoms. The second-order valence-corrected chi connectivity index (χ2v) is 6.58. The van der Waals surface area contributed by atoms with Gasteiger partial charge in [0.25, 0.3) is 5.56 Å². The fourth-order valence-corrected chi connectivity index (χ4v) is 3.63. The number of carbonyl (C=O) groups is 1. The van der Waals surface area contributed by atoms with Crippen LogP contribution in [0.4, 0.5) is 0 Å². The Balaban J connectivity index is 1.89. The van der Waals surface area contributed by atoms with Crippen molar-refractivity contribution in [3.8, 4) is 0 Å². The molecule has 0 fully saturated rings. The van der Waals surface area contributed by atoms with Gasteiger partial charge in [0.2, 0.25) is 0 Å². The van der Waals surface area contributed by atoms with Crippen molar-refractivity contribution < 1.29 is 9.53 Å². The summed E-state index contributed by atoms with van der Waals surface area (Å²) in [5, 5.41) is 1.83. The van der Waals surface area contributed by atoms with E-state index in [2.05, 4.69) is 9.55 Å². The molecule has 3 rings (SSSR count). The van der Waals surface area contributed by atoms with E-state index in [4.69, 9.17) is 4.74 Å². The minimum Gasteiger partial charge on any atom is -0.383 e. The average molecular weight is 345 g/mol. The monoisotopic (exact) mass is 345 g/mol. The minimum absolute atomic E-state index is 0.00571. The smallest absolute Gasteiger partial charge is 0.271 e. The van der Waals surface area contributed by atoms with Crippen molar-refractivity contribution in [3.63, 3.8) is 0 Å². The SMILES string of the molecule is COCCn1c(C)cc(C(=O)Cn2cnc3ccsc3c2=O)c1C. The summed E-state index contributed by atoms with van der Waals surface area (Å²) in [6.45, 7) is 5.16. The summed E-state index contributed by atoms with van der Waals surface area (Å²) in [5.41, 5.74) is 3.05. The second-order valence-electron chi connectivity index (χ2n) is 5.67. The zero-order chi connectivity index (χ0) is 17.3. The van der Waals surface area contributed by atoms with Crippen molar-refractivity contribution in [2.75, 3.05) is 13.7 Å². The Morgan fingerprint density at radius 3 is 2.92 bits per heavy atom. The van der Waals surface area contributed by atoms with E-state index < -0.39 is 0 Å². The Labute approximate surface area is 143 Å². The first kappa shape index (κ1) is 16.6. The summed E-state index contributed by atoms with van der Waals surface area (Å²) in [7, 11) is 1.65. The van der Waals surface area contributed by atoms with E-state index >= 15 is 0 Å². The quantitative estimate of drug-likeness (QED) is 0.644. The molecule has 6 nitrogen and oxygen atoms in total. The van der Waals surface area contributed by atoms with Gasteiger partial charge in [0.1, 0.15) is 4.70 Å². The van der Waals surface area contributed by atoms with Gasteiger partial charge in [-0.1, -0.05) is 0 Å². The van der Waals surface area contributed by atoms with E-state index in [1.807, 2.05) is 25.3 Å². The van der Waals surface area contributed by atoms with E-state index in [1.54, 1.807) is 13.2 Å². The largest absolute Gasteiger partial charge is 0.383 e. The van der Waals surface area contributed by atoms with Gasteiger partial charge in [-0.3, -0.25) is 14.2 Å². The number of ether oxygens (including phenoxy) is 1. The molecule has 0 unspecified atom stereocenters. The molecule has 0 saturated carbocycles. The Bertz CT molecular complexity index is 952. The Kier molecular flexibility index (Phi) is 4.64. The van der Waals surface area contributed by atoms with E-state index in [1.165, 1.54) is 22.2 Å². The third-order valence-electron chi connectivity index (χ3n) is 4.14. The number of fused-ring (bicyclic) bond motifs is 1. The van der Waals surface area contributed by atoms with Crippen LogP contribution in [0.5, 0.6) is 0 Å². The molecule has 0 atom stereocenters. The van der Waals surface area contributed by atoms with Crippen LogP contribution in [0.15, 0.2) is 28.6 Å². The number of nitrogens with zero attached hydrogens (tertiary/aromatic N) is 3. The predicted octanol–water partition coefficient (Wildman–Crippen LogP) is 2.41. The molecule has 0 aromatic carbocycles. The molecule has 3 aromatic heterocycles. The van der Waals surface area contributed by atoms with Gasteiger partial charge >= 0.3 is 0 Å². The summed E-state index contributed by atoms with van der Waals surface area (Å²) in [5.74, 6) is -0.0911. The lowest BCUT2D eigenvalue weighted by Crippen LogP contribution is -2.24. The van der Waals surface area contributed by atoms with Crippen LogP contribution in [0.1, 0.15) is 21.7 Å². The molecule has 0 aliphatic rings. The molecular formula is C17H19N3O3S. The molecule has 3 aromatic rings. The highest BCUT2D eigenvalue weighted by atomic mass is 32.1. The number of aromatic nitrogens is 3. The maximum Gasteiger partial charge on any atom is 0.271 e. The zero-order valence-corrected chi connectivity index (χ0v) is 14.7.